The van der Waals surface area contributed by atoms with E-state index in [0.29, 0.717) is 16.9 Å². The summed E-state index contributed by atoms with van der Waals surface area (Å²) in [5.41, 5.74) is 2.64. The molecule has 0 radical (unpaired) electrons. The molecule has 0 aromatic heterocycles. The van der Waals surface area contributed by atoms with Crippen molar-refractivity contribution in [2.75, 3.05) is 26.2 Å². The molecule has 4 unspecified atom stereocenters. The number of nitrogens with zero attached hydrogens (tertiary/aromatic N) is 1. The first-order valence-electron chi connectivity index (χ1n) is 13.0. The highest BCUT2D eigenvalue weighted by Crippen LogP contribution is 2.67. The number of hydrogen-bond acceptors (Lipinski definition) is 2. The van der Waals surface area contributed by atoms with E-state index in [-0.39, 0.29) is 0 Å². The molecule has 0 bridgehead atoms. The van der Waals surface area contributed by atoms with Crippen LogP contribution < -0.4 is 0 Å². The molecule has 1 heterocycles. The smallest absolute Gasteiger partial charge is 0.0597 e. The molecule has 4 saturated carbocycles. The highest BCUT2D eigenvalue weighted by molar-refractivity contribution is 5.21. The summed E-state index contributed by atoms with van der Waals surface area (Å²) in [5, 5.41) is 0. The van der Waals surface area contributed by atoms with Gasteiger partial charge in [0, 0.05) is 6.54 Å². The lowest BCUT2D eigenvalue weighted by atomic mass is 9.45. The second kappa shape index (κ2) is 7.97. The zero-order valence-corrected chi connectivity index (χ0v) is 19.3. The van der Waals surface area contributed by atoms with Crippen LogP contribution in [0, 0.1) is 34.5 Å². The van der Waals surface area contributed by atoms with Gasteiger partial charge in [-0.05, 0) is 118 Å². The van der Waals surface area contributed by atoms with Crippen LogP contribution in [0.2, 0.25) is 0 Å². The molecule has 0 N–H and O–H groups in total. The van der Waals surface area contributed by atoms with Crippen LogP contribution in [0.15, 0.2) is 12.2 Å². The van der Waals surface area contributed by atoms with E-state index in [1.54, 1.807) is 5.57 Å². The minimum Gasteiger partial charge on any atom is -0.377 e. The van der Waals surface area contributed by atoms with Gasteiger partial charge < -0.3 is 9.64 Å². The molecule has 5 aliphatic rings. The molecule has 1 saturated heterocycles. The maximum Gasteiger partial charge on any atom is 0.0597 e. The standard InChI is InChI=1S/C27H45NO/c1-20-7-10-24-23-9-8-21-19-22(29-18-17-28-15-5-4-6-16-28)11-13-27(21,3)25(23)12-14-26(20,24)2/h21-25H,1,4-19H2,2-3H3/t21?,22-,23?,24?,25?,26+,27-/m0/s1. The average molecular weight is 400 g/mol. The predicted octanol–water partition coefficient (Wildman–Crippen LogP) is 6.46. The fraction of sp³-hybridized carbons (Fsp3) is 0.926. The number of piperidine rings is 1. The maximum atomic E-state index is 6.46. The molecular weight excluding hydrogens is 354 g/mol. The van der Waals surface area contributed by atoms with Crippen LogP contribution in [0.1, 0.15) is 90.9 Å². The zero-order chi connectivity index (χ0) is 20.1. The Morgan fingerprint density at radius 2 is 1.79 bits per heavy atom. The Hall–Kier alpha value is -0.340. The van der Waals surface area contributed by atoms with E-state index in [0.717, 1.165) is 36.8 Å². The van der Waals surface area contributed by atoms with Crippen molar-refractivity contribution in [3.05, 3.63) is 12.2 Å². The zero-order valence-electron chi connectivity index (χ0n) is 19.3. The maximum absolute atomic E-state index is 6.46. The van der Waals surface area contributed by atoms with Crippen LogP contribution in [0.3, 0.4) is 0 Å². The minimum atomic E-state index is 0.471. The third kappa shape index (κ3) is 3.55. The van der Waals surface area contributed by atoms with E-state index in [1.807, 2.05) is 0 Å². The van der Waals surface area contributed by atoms with Crippen molar-refractivity contribution < 1.29 is 4.74 Å². The topological polar surface area (TPSA) is 12.5 Å². The van der Waals surface area contributed by atoms with Gasteiger partial charge in [0.05, 0.1) is 12.7 Å². The lowest BCUT2D eigenvalue weighted by Crippen LogP contribution is -2.53. The van der Waals surface area contributed by atoms with Crippen molar-refractivity contribution in [2.24, 2.45) is 34.5 Å². The summed E-state index contributed by atoms with van der Waals surface area (Å²) in [6.07, 6.45) is 17.4. The highest BCUT2D eigenvalue weighted by Gasteiger charge is 2.58. The summed E-state index contributed by atoms with van der Waals surface area (Å²) in [4.78, 5) is 2.62. The highest BCUT2D eigenvalue weighted by atomic mass is 16.5. The molecule has 2 nitrogen and oxygen atoms in total. The van der Waals surface area contributed by atoms with Gasteiger partial charge in [0.15, 0.2) is 0 Å². The third-order valence-electron chi connectivity index (χ3n) is 10.8. The Kier molecular flexibility index (Phi) is 5.65. The van der Waals surface area contributed by atoms with Crippen molar-refractivity contribution >= 4 is 0 Å². The first-order valence-corrected chi connectivity index (χ1v) is 13.0. The van der Waals surface area contributed by atoms with Crippen molar-refractivity contribution in [1.82, 2.24) is 4.90 Å². The molecule has 0 spiro atoms. The third-order valence-corrected chi connectivity index (χ3v) is 10.8. The second-order valence-electron chi connectivity index (χ2n) is 11.9. The van der Waals surface area contributed by atoms with Crippen molar-refractivity contribution in [3.63, 3.8) is 0 Å². The van der Waals surface area contributed by atoms with Crippen LogP contribution in [0.5, 0.6) is 0 Å². The fourth-order valence-corrected chi connectivity index (χ4v) is 8.81. The predicted molar refractivity (Wildman–Crippen MR) is 121 cm³/mol. The lowest BCUT2D eigenvalue weighted by molar-refractivity contribution is -0.127. The van der Waals surface area contributed by atoms with Gasteiger partial charge in [-0.3, -0.25) is 0 Å². The first-order chi connectivity index (χ1) is 14.0. The number of hydrogen-bond donors (Lipinski definition) is 0. The number of rotatable bonds is 4. The molecule has 0 aromatic carbocycles. The molecule has 5 rings (SSSR count). The second-order valence-corrected chi connectivity index (χ2v) is 11.9. The molecule has 1 aliphatic heterocycles. The van der Waals surface area contributed by atoms with Gasteiger partial charge in [-0.15, -0.1) is 0 Å². The molecule has 4 aliphatic carbocycles. The van der Waals surface area contributed by atoms with Gasteiger partial charge in [-0.2, -0.15) is 0 Å². The molecular formula is C27H45NO. The normalized spacial score (nSPS) is 48.1. The molecule has 164 valence electrons. The average Bonchev–Trinajstić information content (AvgIpc) is 3.04. The Balaban J connectivity index is 1.18. The lowest BCUT2D eigenvalue weighted by Gasteiger charge is -2.60. The molecule has 0 aromatic rings. The molecule has 7 atom stereocenters. The summed E-state index contributed by atoms with van der Waals surface area (Å²) >= 11 is 0. The largest absolute Gasteiger partial charge is 0.377 e. The minimum absolute atomic E-state index is 0.471. The van der Waals surface area contributed by atoms with Crippen LogP contribution >= 0.6 is 0 Å². The Morgan fingerprint density at radius 3 is 2.62 bits per heavy atom. The van der Waals surface area contributed by atoms with Crippen LogP contribution in [0.4, 0.5) is 0 Å². The Labute approximate surface area is 179 Å². The fourth-order valence-electron chi connectivity index (χ4n) is 8.81. The van der Waals surface area contributed by atoms with E-state index in [9.17, 15) is 0 Å². The molecule has 29 heavy (non-hydrogen) atoms. The van der Waals surface area contributed by atoms with E-state index in [2.05, 4.69) is 25.3 Å². The van der Waals surface area contributed by atoms with E-state index < -0.39 is 0 Å². The van der Waals surface area contributed by atoms with Gasteiger partial charge in [0.2, 0.25) is 0 Å². The molecule has 2 heteroatoms. The monoisotopic (exact) mass is 399 g/mol. The van der Waals surface area contributed by atoms with Gasteiger partial charge in [0.25, 0.3) is 0 Å². The molecule has 5 fully saturated rings. The summed E-state index contributed by atoms with van der Waals surface area (Å²) in [7, 11) is 0. The summed E-state index contributed by atoms with van der Waals surface area (Å²) in [6, 6.07) is 0. The Morgan fingerprint density at radius 1 is 0.966 bits per heavy atom. The number of allylic oxidation sites excluding steroid dienone is 1. The summed E-state index contributed by atoms with van der Waals surface area (Å²) in [5.74, 6) is 3.79. The van der Waals surface area contributed by atoms with Crippen LogP contribution in [-0.2, 0) is 4.74 Å². The van der Waals surface area contributed by atoms with Gasteiger partial charge >= 0.3 is 0 Å². The van der Waals surface area contributed by atoms with Gasteiger partial charge in [-0.1, -0.05) is 32.4 Å². The van der Waals surface area contributed by atoms with Crippen molar-refractivity contribution in [3.8, 4) is 0 Å². The quantitative estimate of drug-likeness (QED) is 0.503. The number of likely N-dealkylation sites (tertiary alicyclic amines) is 1. The van der Waals surface area contributed by atoms with Gasteiger partial charge in [-0.25, -0.2) is 0 Å². The summed E-state index contributed by atoms with van der Waals surface area (Å²) in [6.45, 7) is 14.5. The van der Waals surface area contributed by atoms with Crippen molar-refractivity contribution in [1.29, 1.82) is 0 Å². The SMILES string of the molecule is C=C1CCC2C3CCC4C[C@@H](OCCN5CCCCC5)CC[C@]4(C)C3CC[C@]12C. The van der Waals surface area contributed by atoms with Gasteiger partial charge in [0.1, 0.15) is 0 Å². The summed E-state index contributed by atoms with van der Waals surface area (Å²) < 4.78 is 6.46. The van der Waals surface area contributed by atoms with E-state index in [4.69, 9.17) is 4.74 Å². The number of fused-ring (bicyclic) bond motifs is 5. The van der Waals surface area contributed by atoms with Crippen molar-refractivity contribution in [2.45, 2.75) is 97.0 Å². The van der Waals surface area contributed by atoms with Crippen LogP contribution in [-0.4, -0.2) is 37.2 Å². The van der Waals surface area contributed by atoms with Crippen LogP contribution in [0.25, 0.3) is 0 Å². The molecule has 0 amide bonds. The Bertz CT molecular complexity index is 610. The number of ether oxygens (including phenoxy) is 1. The van der Waals surface area contributed by atoms with E-state index in [1.165, 1.54) is 90.1 Å². The van der Waals surface area contributed by atoms with E-state index >= 15 is 0 Å². The first kappa shape index (κ1) is 20.6.